The number of anilines is 1. The lowest BCUT2D eigenvalue weighted by molar-refractivity contribution is -0.121. The van der Waals surface area contributed by atoms with Crippen LogP contribution in [0.5, 0.6) is 0 Å². The smallest absolute Gasteiger partial charge is 0.219 e. The average molecular weight is 286 g/mol. The van der Waals surface area contributed by atoms with Gasteiger partial charge in [0.1, 0.15) is 0 Å². The Labute approximate surface area is 124 Å². The molecule has 112 valence electrons. The number of amides is 1. The zero-order valence-electron chi connectivity index (χ0n) is 12.1. The molecule has 4 N–H and O–H groups in total. The predicted octanol–water partition coefficient (Wildman–Crippen LogP) is 1.03. The average Bonchev–Trinajstić information content (AvgIpc) is 2.88. The van der Waals surface area contributed by atoms with Crippen molar-refractivity contribution in [2.24, 2.45) is 17.6 Å². The summed E-state index contributed by atoms with van der Waals surface area (Å²) < 4.78 is 0. The first-order valence-electron chi connectivity index (χ1n) is 7.82. The largest absolute Gasteiger partial charge is 0.370 e. The molecule has 5 nitrogen and oxygen atoms in total. The highest BCUT2D eigenvalue weighted by Crippen LogP contribution is 2.49. The van der Waals surface area contributed by atoms with Crippen molar-refractivity contribution in [1.29, 1.82) is 0 Å². The first-order valence-corrected chi connectivity index (χ1v) is 7.82. The Morgan fingerprint density at radius 2 is 2.10 bits per heavy atom. The lowest BCUT2D eigenvalue weighted by atomic mass is 9.65. The van der Waals surface area contributed by atoms with Crippen molar-refractivity contribution in [3.63, 3.8) is 0 Å². The van der Waals surface area contributed by atoms with Crippen LogP contribution in [0.1, 0.15) is 24.8 Å². The van der Waals surface area contributed by atoms with E-state index in [4.69, 9.17) is 5.73 Å². The highest BCUT2D eigenvalue weighted by Gasteiger charge is 2.52. The molecule has 4 aliphatic rings. The topological polar surface area (TPSA) is 70.4 Å². The molecule has 3 fully saturated rings. The van der Waals surface area contributed by atoms with Crippen molar-refractivity contribution in [1.82, 2.24) is 10.3 Å². The highest BCUT2D eigenvalue weighted by atomic mass is 16.1. The van der Waals surface area contributed by atoms with E-state index in [9.17, 15) is 4.79 Å². The summed E-state index contributed by atoms with van der Waals surface area (Å²) in [6, 6.07) is 8.25. The van der Waals surface area contributed by atoms with E-state index in [1.165, 1.54) is 31.5 Å². The summed E-state index contributed by atoms with van der Waals surface area (Å²) >= 11 is 0. The lowest BCUT2D eigenvalue weighted by Gasteiger charge is -2.51. The minimum Gasteiger partial charge on any atom is -0.370 e. The van der Waals surface area contributed by atoms with Gasteiger partial charge < -0.3 is 16.1 Å². The molecule has 0 aliphatic carbocycles. The number of para-hydroxylation sites is 1. The Morgan fingerprint density at radius 1 is 1.33 bits per heavy atom. The molecule has 1 aromatic carbocycles. The molecule has 1 aromatic rings. The molecule has 1 unspecified atom stereocenters. The molecule has 0 spiro atoms. The van der Waals surface area contributed by atoms with Crippen molar-refractivity contribution in [2.75, 3.05) is 25.1 Å². The van der Waals surface area contributed by atoms with Gasteiger partial charge in [-0.15, -0.1) is 0 Å². The molecule has 5 rings (SSSR count). The Hall–Kier alpha value is -1.59. The van der Waals surface area contributed by atoms with Crippen LogP contribution in [-0.4, -0.2) is 30.4 Å². The fourth-order valence-electron chi connectivity index (χ4n) is 4.59. The number of nitrogens with zero attached hydrogens (tertiary/aromatic N) is 1. The van der Waals surface area contributed by atoms with E-state index >= 15 is 0 Å². The summed E-state index contributed by atoms with van der Waals surface area (Å²) in [5, 5.41) is 0. The SMILES string of the molecule is NC(=O)CC1([C@@H]2CN3CCC2CC3)NNc2ccccc21. The molecule has 0 radical (unpaired) electrons. The quantitative estimate of drug-likeness (QED) is 0.776. The standard InChI is InChI=1S/C16H22N4O/c17-15(21)9-16(12-3-1-2-4-14(12)18-19-16)13-10-20-7-5-11(13)6-8-20/h1-4,11,13,18-19H,5-10H2,(H2,17,21)/t13-,16?/m1/s1. The number of carbonyl (C=O) groups excluding carboxylic acids is 1. The minimum atomic E-state index is -0.355. The van der Waals surface area contributed by atoms with Crippen LogP contribution in [-0.2, 0) is 10.3 Å². The molecule has 4 heterocycles. The number of benzene rings is 1. The monoisotopic (exact) mass is 286 g/mol. The van der Waals surface area contributed by atoms with Gasteiger partial charge in [-0.05, 0) is 49.4 Å². The second-order valence-corrected chi connectivity index (χ2v) is 6.65. The van der Waals surface area contributed by atoms with Crippen LogP contribution in [0.3, 0.4) is 0 Å². The van der Waals surface area contributed by atoms with Gasteiger partial charge in [-0.3, -0.25) is 4.79 Å². The zero-order valence-corrected chi connectivity index (χ0v) is 12.1. The van der Waals surface area contributed by atoms with E-state index in [0.717, 1.165) is 12.2 Å². The maximum atomic E-state index is 11.8. The number of primary amides is 1. The van der Waals surface area contributed by atoms with Crippen LogP contribution >= 0.6 is 0 Å². The number of hydrogen-bond donors (Lipinski definition) is 3. The molecule has 3 saturated heterocycles. The van der Waals surface area contributed by atoms with Gasteiger partial charge in [0, 0.05) is 6.54 Å². The Balaban J connectivity index is 1.77. The Morgan fingerprint density at radius 3 is 2.76 bits per heavy atom. The number of carbonyl (C=O) groups is 1. The van der Waals surface area contributed by atoms with E-state index in [2.05, 4.69) is 27.9 Å². The molecule has 0 saturated carbocycles. The van der Waals surface area contributed by atoms with Gasteiger partial charge in [0.15, 0.2) is 0 Å². The number of nitrogens with two attached hydrogens (primary N) is 1. The molecule has 5 heteroatoms. The fourth-order valence-corrected chi connectivity index (χ4v) is 4.59. The van der Waals surface area contributed by atoms with Crippen molar-refractivity contribution >= 4 is 11.6 Å². The summed E-state index contributed by atoms with van der Waals surface area (Å²) in [6.07, 6.45) is 2.82. The summed E-state index contributed by atoms with van der Waals surface area (Å²) in [4.78, 5) is 14.3. The lowest BCUT2D eigenvalue weighted by Crippen LogP contribution is -2.60. The van der Waals surface area contributed by atoms with Gasteiger partial charge in [0.2, 0.25) is 5.91 Å². The molecular formula is C16H22N4O. The number of rotatable bonds is 3. The van der Waals surface area contributed by atoms with Crippen LogP contribution in [0.4, 0.5) is 5.69 Å². The van der Waals surface area contributed by atoms with E-state index in [0.29, 0.717) is 18.3 Å². The van der Waals surface area contributed by atoms with Crippen molar-refractivity contribution in [3.05, 3.63) is 29.8 Å². The molecule has 0 aromatic heterocycles. The van der Waals surface area contributed by atoms with Gasteiger partial charge in [0.05, 0.1) is 17.6 Å². The predicted molar refractivity (Wildman–Crippen MR) is 81.3 cm³/mol. The zero-order chi connectivity index (χ0) is 14.4. The van der Waals surface area contributed by atoms with E-state index in [-0.39, 0.29) is 11.4 Å². The van der Waals surface area contributed by atoms with Gasteiger partial charge in [-0.2, -0.15) is 0 Å². The number of piperidine rings is 3. The van der Waals surface area contributed by atoms with E-state index < -0.39 is 0 Å². The third-order valence-corrected chi connectivity index (χ3v) is 5.57. The van der Waals surface area contributed by atoms with Crippen molar-refractivity contribution in [3.8, 4) is 0 Å². The van der Waals surface area contributed by atoms with Crippen LogP contribution in [0, 0.1) is 11.8 Å². The van der Waals surface area contributed by atoms with Crippen molar-refractivity contribution in [2.45, 2.75) is 24.8 Å². The van der Waals surface area contributed by atoms with Gasteiger partial charge in [-0.1, -0.05) is 18.2 Å². The summed E-state index contributed by atoms with van der Waals surface area (Å²) in [5.41, 5.74) is 14.2. The number of fused-ring (bicyclic) bond motifs is 4. The van der Waals surface area contributed by atoms with E-state index in [1.54, 1.807) is 0 Å². The van der Waals surface area contributed by atoms with Crippen LogP contribution in [0.25, 0.3) is 0 Å². The first kappa shape index (κ1) is 13.1. The molecule has 4 aliphatic heterocycles. The highest BCUT2D eigenvalue weighted by molar-refractivity contribution is 5.77. The fraction of sp³-hybridized carbons (Fsp3) is 0.562. The van der Waals surface area contributed by atoms with Gasteiger partial charge >= 0.3 is 0 Å². The number of nitrogens with one attached hydrogen (secondary N) is 2. The third kappa shape index (κ3) is 1.95. The maximum absolute atomic E-state index is 11.8. The maximum Gasteiger partial charge on any atom is 0.219 e. The van der Waals surface area contributed by atoms with Crippen LogP contribution in [0.2, 0.25) is 0 Å². The van der Waals surface area contributed by atoms with Crippen molar-refractivity contribution < 1.29 is 4.79 Å². The normalized spacial score (nSPS) is 37.0. The number of hydrazine groups is 1. The van der Waals surface area contributed by atoms with Crippen LogP contribution < -0.4 is 16.6 Å². The van der Waals surface area contributed by atoms with Crippen LogP contribution in [0.15, 0.2) is 24.3 Å². The first-order chi connectivity index (χ1) is 10.2. The van der Waals surface area contributed by atoms with Gasteiger partial charge in [-0.25, -0.2) is 5.43 Å². The van der Waals surface area contributed by atoms with E-state index in [1.807, 2.05) is 12.1 Å². The molecule has 1 amide bonds. The second-order valence-electron chi connectivity index (χ2n) is 6.65. The molecule has 21 heavy (non-hydrogen) atoms. The Bertz CT molecular complexity index is 567. The van der Waals surface area contributed by atoms with Gasteiger partial charge in [0.25, 0.3) is 0 Å². The summed E-state index contributed by atoms with van der Waals surface area (Å²) in [6.45, 7) is 3.45. The molecule has 2 bridgehead atoms. The third-order valence-electron chi connectivity index (χ3n) is 5.57. The molecule has 2 atom stereocenters. The minimum absolute atomic E-state index is 0.238. The summed E-state index contributed by atoms with van der Waals surface area (Å²) in [5.74, 6) is 0.871. The summed E-state index contributed by atoms with van der Waals surface area (Å²) in [7, 11) is 0. The number of hydrogen-bond acceptors (Lipinski definition) is 4. The second kappa shape index (κ2) is 4.71. The Kier molecular flexibility index (Phi) is 2.94. The molecular weight excluding hydrogens is 264 g/mol.